The number of nitrogens with one attached hydrogen (secondary N) is 1. The molecular formula is C12H27NOS. The van der Waals surface area contributed by atoms with Gasteiger partial charge in [-0.05, 0) is 37.3 Å². The maximum absolute atomic E-state index is 9.30. The Morgan fingerprint density at radius 3 is 2.53 bits per heavy atom. The van der Waals surface area contributed by atoms with E-state index in [9.17, 15) is 5.11 Å². The molecule has 2 nitrogen and oxygen atoms in total. The fraction of sp³-hybridized carbons (Fsp3) is 1.00. The van der Waals surface area contributed by atoms with E-state index in [0.29, 0.717) is 0 Å². The molecule has 0 aliphatic carbocycles. The lowest BCUT2D eigenvalue weighted by molar-refractivity contribution is 0.173. The van der Waals surface area contributed by atoms with Gasteiger partial charge in [0.2, 0.25) is 0 Å². The molecule has 0 aromatic rings. The lowest BCUT2D eigenvalue weighted by atomic mass is 10.0. The van der Waals surface area contributed by atoms with Gasteiger partial charge in [-0.2, -0.15) is 11.8 Å². The van der Waals surface area contributed by atoms with Gasteiger partial charge in [0.1, 0.15) is 0 Å². The number of thioether (sulfide) groups is 1. The lowest BCUT2D eigenvalue weighted by Gasteiger charge is -2.28. The zero-order chi connectivity index (χ0) is 11.7. The van der Waals surface area contributed by atoms with Gasteiger partial charge >= 0.3 is 0 Å². The molecule has 0 fully saturated rings. The molecule has 0 aromatic heterocycles. The van der Waals surface area contributed by atoms with Crippen molar-refractivity contribution in [1.82, 2.24) is 5.32 Å². The van der Waals surface area contributed by atoms with Gasteiger partial charge in [-0.3, -0.25) is 0 Å². The summed E-state index contributed by atoms with van der Waals surface area (Å²) in [6.07, 6.45) is 2.30. The van der Waals surface area contributed by atoms with E-state index in [0.717, 1.165) is 24.6 Å². The summed E-state index contributed by atoms with van der Waals surface area (Å²) in [4.78, 5) is 0. The van der Waals surface area contributed by atoms with Crippen molar-refractivity contribution in [3.63, 3.8) is 0 Å². The van der Waals surface area contributed by atoms with Crippen LogP contribution in [0.2, 0.25) is 0 Å². The van der Waals surface area contributed by atoms with E-state index in [1.165, 1.54) is 12.2 Å². The first-order valence-electron chi connectivity index (χ1n) is 6.01. The van der Waals surface area contributed by atoms with Crippen molar-refractivity contribution in [1.29, 1.82) is 0 Å². The van der Waals surface area contributed by atoms with Gasteiger partial charge in [-0.25, -0.2) is 0 Å². The molecule has 0 saturated carbocycles. The summed E-state index contributed by atoms with van der Waals surface area (Å²) in [7, 11) is 0. The average molecular weight is 233 g/mol. The first-order chi connectivity index (χ1) is 7.08. The maximum atomic E-state index is 9.30. The Kier molecular flexibility index (Phi) is 8.58. The van der Waals surface area contributed by atoms with Gasteiger partial charge in [0.05, 0.1) is 6.61 Å². The molecule has 0 spiro atoms. The summed E-state index contributed by atoms with van der Waals surface area (Å²) in [6.45, 7) is 9.86. The molecule has 2 N–H and O–H groups in total. The van der Waals surface area contributed by atoms with Crippen LogP contribution in [-0.4, -0.2) is 35.3 Å². The fourth-order valence-electron chi connectivity index (χ4n) is 1.35. The van der Waals surface area contributed by atoms with Crippen LogP contribution in [0.1, 0.15) is 40.5 Å². The summed E-state index contributed by atoms with van der Waals surface area (Å²) in [6, 6.07) is 0. The van der Waals surface area contributed by atoms with E-state index in [4.69, 9.17) is 0 Å². The molecule has 0 saturated heterocycles. The number of aliphatic hydroxyl groups is 1. The highest BCUT2D eigenvalue weighted by atomic mass is 32.2. The standard InChI is InChI=1S/C12H27NOS/c1-5-11(3)9-15-8-7-12(4,10-14)13-6-2/h11,13-14H,5-10H2,1-4H3. The van der Waals surface area contributed by atoms with Crippen LogP contribution in [0.15, 0.2) is 0 Å². The molecule has 0 amide bonds. The smallest absolute Gasteiger partial charge is 0.0610 e. The van der Waals surface area contributed by atoms with Crippen LogP contribution in [0.3, 0.4) is 0 Å². The third-order valence-corrected chi connectivity index (χ3v) is 4.15. The molecule has 15 heavy (non-hydrogen) atoms. The van der Waals surface area contributed by atoms with Crippen LogP contribution >= 0.6 is 11.8 Å². The van der Waals surface area contributed by atoms with Crippen molar-refractivity contribution in [2.75, 3.05) is 24.7 Å². The normalized spacial score (nSPS) is 17.4. The quantitative estimate of drug-likeness (QED) is 0.600. The summed E-state index contributed by atoms with van der Waals surface area (Å²) in [5.74, 6) is 3.19. The summed E-state index contributed by atoms with van der Waals surface area (Å²) in [5, 5.41) is 12.6. The van der Waals surface area contributed by atoms with Crippen molar-refractivity contribution in [2.24, 2.45) is 5.92 Å². The van der Waals surface area contributed by atoms with Gasteiger partial charge < -0.3 is 10.4 Å². The first kappa shape index (κ1) is 15.3. The zero-order valence-corrected chi connectivity index (χ0v) is 11.5. The minimum atomic E-state index is -0.0861. The van der Waals surface area contributed by atoms with Crippen LogP contribution in [-0.2, 0) is 0 Å². The molecule has 92 valence electrons. The van der Waals surface area contributed by atoms with Crippen molar-refractivity contribution < 1.29 is 5.11 Å². The molecule has 0 bridgehead atoms. The van der Waals surface area contributed by atoms with Crippen molar-refractivity contribution in [2.45, 2.75) is 46.1 Å². The number of rotatable bonds is 9. The first-order valence-corrected chi connectivity index (χ1v) is 7.17. The van der Waals surface area contributed by atoms with Crippen LogP contribution in [0, 0.1) is 5.92 Å². The van der Waals surface area contributed by atoms with E-state index in [1.807, 2.05) is 11.8 Å². The third-order valence-electron chi connectivity index (χ3n) is 2.85. The average Bonchev–Trinajstić information content (AvgIpc) is 2.24. The summed E-state index contributed by atoms with van der Waals surface area (Å²) in [5.41, 5.74) is -0.0861. The number of likely N-dealkylation sites (N-methyl/N-ethyl adjacent to an activating group) is 1. The van der Waals surface area contributed by atoms with Gasteiger partial charge in [-0.15, -0.1) is 0 Å². The Morgan fingerprint density at radius 2 is 2.07 bits per heavy atom. The highest BCUT2D eigenvalue weighted by molar-refractivity contribution is 7.99. The monoisotopic (exact) mass is 233 g/mol. The molecule has 0 aliphatic heterocycles. The Bertz CT molecular complexity index is 155. The second-order valence-electron chi connectivity index (χ2n) is 4.59. The fourth-order valence-corrected chi connectivity index (χ4v) is 2.75. The highest BCUT2D eigenvalue weighted by Crippen LogP contribution is 2.17. The predicted octanol–water partition coefficient (Wildman–Crippen LogP) is 2.52. The Morgan fingerprint density at radius 1 is 1.40 bits per heavy atom. The minimum Gasteiger partial charge on any atom is -0.394 e. The lowest BCUT2D eigenvalue weighted by Crippen LogP contribution is -2.46. The minimum absolute atomic E-state index is 0.0861. The predicted molar refractivity (Wildman–Crippen MR) is 70.6 cm³/mol. The summed E-state index contributed by atoms with van der Waals surface area (Å²) >= 11 is 2.00. The van der Waals surface area contributed by atoms with Crippen LogP contribution < -0.4 is 5.32 Å². The summed E-state index contributed by atoms with van der Waals surface area (Å²) < 4.78 is 0. The second kappa shape index (κ2) is 8.43. The Hall–Kier alpha value is 0.270. The Labute approximate surface area is 99.2 Å². The van der Waals surface area contributed by atoms with Crippen molar-refractivity contribution in [3.8, 4) is 0 Å². The van der Waals surface area contributed by atoms with Crippen LogP contribution in [0.5, 0.6) is 0 Å². The Balaban J connectivity index is 3.63. The molecule has 0 heterocycles. The van der Waals surface area contributed by atoms with Gasteiger partial charge in [-0.1, -0.05) is 27.2 Å². The van der Waals surface area contributed by atoms with E-state index < -0.39 is 0 Å². The van der Waals surface area contributed by atoms with Gasteiger partial charge in [0, 0.05) is 5.54 Å². The molecule has 3 heteroatoms. The second-order valence-corrected chi connectivity index (χ2v) is 5.74. The molecule has 2 atom stereocenters. The molecule has 0 rings (SSSR count). The third kappa shape index (κ3) is 7.20. The van der Waals surface area contributed by atoms with E-state index in [-0.39, 0.29) is 12.1 Å². The van der Waals surface area contributed by atoms with Crippen LogP contribution in [0.25, 0.3) is 0 Å². The molecule has 0 radical (unpaired) electrons. The van der Waals surface area contributed by atoms with Gasteiger partial charge in [0.25, 0.3) is 0 Å². The number of hydrogen-bond acceptors (Lipinski definition) is 3. The van der Waals surface area contributed by atoms with E-state index >= 15 is 0 Å². The molecule has 2 unspecified atom stereocenters. The van der Waals surface area contributed by atoms with Crippen molar-refractivity contribution >= 4 is 11.8 Å². The van der Waals surface area contributed by atoms with E-state index in [2.05, 4.69) is 33.0 Å². The number of hydrogen-bond donors (Lipinski definition) is 2. The largest absolute Gasteiger partial charge is 0.394 e. The maximum Gasteiger partial charge on any atom is 0.0610 e. The number of aliphatic hydroxyl groups excluding tert-OH is 1. The highest BCUT2D eigenvalue weighted by Gasteiger charge is 2.20. The van der Waals surface area contributed by atoms with E-state index in [1.54, 1.807) is 0 Å². The topological polar surface area (TPSA) is 32.3 Å². The van der Waals surface area contributed by atoms with Crippen molar-refractivity contribution in [3.05, 3.63) is 0 Å². The van der Waals surface area contributed by atoms with Crippen LogP contribution in [0.4, 0.5) is 0 Å². The zero-order valence-electron chi connectivity index (χ0n) is 10.7. The molecular weight excluding hydrogens is 206 g/mol. The van der Waals surface area contributed by atoms with Gasteiger partial charge in [0.15, 0.2) is 0 Å². The SMILES string of the molecule is CCNC(C)(CO)CCSCC(C)CC. The molecule has 0 aliphatic rings. The molecule has 0 aromatic carbocycles.